The lowest BCUT2D eigenvalue weighted by Gasteiger charge is -2.06. The molecular weight excluding hydrogens is 180 g/mol. The monoisotopic (exact) mass is 190 g/mol. The van der Waals surface area contributed by atoms with E-state index >= 15 is 0 Å². The van der Waals surface area contributed by atoms with Gasteiger partial charge in [0.15, 0.2) is 0 Å². The second-order valence-electron chi connectivity index (χ2n) is 2.84. The van der Waals surface area contributed by atoms with Gasteiger partial charge in [0.25, 0.3) is 0 Å². The number of primary amides is 1. The van der Waals surface area contributed by atoms with Gasteiger partial charge in [-0.15, -0.1) is 0 Å². The van der Waals surface area contributed by atoms with Gasteiger partial charge < -0.3 is 10.5 Å². The van der Waals surface area contributed by atoms with Crippen molar-refractivity contribution in [2.45, 2.75) is 6.92 Å². The van der Waals surface area contributed by atoms with E-state index in [0.29, 0.717) is 22.4 Å². The fourth-order valence-corrected chi connectivity index (χ4v) is 1.20. The minimum Gasteiger partial charge on any atom is -0.495 e. The van der Waals surface area contributed by atoms with Gasteiger partial charge in [0.1, 0.15) is 11.8 Å². The summed E-state index contributed by atoms with van der Waals surface area (Å²) in [7, 11) is 1.47. The van der Waals surface area contributed by atoms with Crippen LogP contribution in [0.2, 0.25) is 0 Å². The third-order valence-electron chi connectivity index (χ3n) is 1.93. The summed E-state index contributed by atoms with van der Waals surface area (Å²) in [5.74, 6) is -0.0864. The summed E-state index contributed by atoms with van der Waals surface area (Å²) in [5, 5.41) is 8.76. The molecule has 0 heterocycles. The fraction of sp³-hybridized carbons (Fsp3) is 0.200. The van der Waals surface area contributed by atoms with Crippen molar-refractivity contribution in [3.8, 4) is 11.8 Å². The topological polar surface area (TPSA) is 76.1 Å². The molecule has 0 aromatic heterocycles. The van der Waals surface area contributed by atoms with Gasteiger partial charge in [0, 0.05) is 5.56 Å². The van der Waals surface area contributed by atoms with Crippen LogP contribution in [0.1, 0.15) is 21.5 Å². The third kappa shape index (κ3) is 1.67. The van der Waals surface area contributed by atoms with Gasteiger partial charge in [-0.05, 0) is 24.6 Å². The lowest BCUT2D eigenvalue weighted by Crippen LogP contribution is -2.13. The number of carbonyl (C=O) groups is 1. The second kappa shape index (κ2) is 3.79. The van der Waals surface area contributed by atoms with Gasteiger partial charge in [0.2, 0.25) is 5.91 Å². The predicted molar refractivity (Wildman–Crippen MR) is 51.0 cm³/mol. The molecular formula is C10H10N2O2. The normalized spacial score (nSPS) is 9.21. The highest BCUT2D eigenvalue weighted by Crippen LogP contribution is 2.22. The lowest BCUT2D eigenvalue weighted by molar-refractivity contribution is 0.0999. The van der Waals surface area contributed by atoms with Crippen LogP contribution in [0, 0.1) is 18.3 Å². The van der Waals surface area contributed by atoms with Gasteiger partial charge in [-0.1, -0.05) is 0 Å². The maximum atomic E-state index is 11.0. The predicted octanol–water partition coefficient (Wildman–Crippen LogP) is 0.974. The molecule has 0 fully saturated rings. The minimum atomic E-state index is -0.540. The molecule has 0 spiro atoms. The van der Waals surface area contributed by atoms with E-state index in [9.17, 15) is 4.79 Å². The Kier molecular flexibility index (Phi) is 2.73. The van der Waals surface area contributed by atoms with E-state index < -0.39 is 5.91 Å². The number of rotatable bonds is 2. The number of amides is 1. The van der Waals surface area contributed by atoms with Crippen molar-refractivity contribution < 1.29 is 9.53 Å². The molecule has 0 atom stereocenters. The molecule has 0 radical (unpaired) electrons. The zero-order chi connectivity index (χ0) is 10.7. The second-order valence-corrected chi connectivity index (χ2v) is 2.84. The van der Waals surface area contributed by atoms with Gasteiger partial charge in [-0.25, -0.2) is 0 Å². The molecule has 1 amide bonds. The Morgan fingerprint density at radius 1 is 1.57 bits per heavy atom. The van der Waals surface area contributed by atoms with Crippen molar-refractivity contribution in [1.29, 1.82) is 5.26 Å². The fourth-order valence-electron chi connectivity index (χ4n) is 1.20. The first-order valence-electron chi connectivity index (χ1n) is 3.98. The zero-order valence-corrected chi connectivity index (χ0v) is 8.00. The van der Waals surface area contributed by atoms with Crippen LogP contribution < -0.4 is 10.5 Å². The molecule has 0 aliphatic heterocycles. The Hall–Kier alpha value is -2.02. The van der Waals surface area contributed by atoms with Gasteiger partial charge >= 0.3 is 0 Å². The average Bonchev–Trinajstić information content (AvgIpc) is 2.16. The maximum Gasteiger partial charge on any atom is 0.249 e. The first-order valence-corrected chi connectivity index (χ1v) is 3.98. The van der Waals surface area contributed by atoms with E-state index in [1.807, 2.05) is 6.07 Å². The van der Waals surface area contributed by atoms with Crippen LogP contribution in [-0.4, -0.2) is 13.0 Å². The van der Waals surface area contributed by atoms with Crippen LogP contribution in [0.5, 0.6) is 5.75 Å². The molecule has 0 saturated carbocycles. The molecule has 4 heteroatoms. The summed E-state index contributed by atoms with van der Waals surface area (Å²) in [6.45, 7) is 1.74. The van der Waals surface area contributed by atoms with Crippen molar-refractivity contribution in [3.05, 3.63) is 28.8 Å². The SMILES string of the molecule is COc1cc(C)c(C(N)=O)cc1C#N. The number of carbonyl (C=O) groups excluding carboxylic acids is 1. The summed E-state index contributed by atoms with van der Waals surface area (Å²) in [4.78, 5) is 11.0. The van der Waals surface area contributed by atoms with E-state index in [-0.39, 0.29) is 0 Å². The van der Waals surface area contributed by atoms with Crippen LogP contribution in [0.4, 0.5) is 0 Å². The largest absolute Gasteiger partial charge is 0.495 e. The number of hydrogen-bond donors (Lipinski definition) is 1. The Morgan fingerprint density at radius 3 is 2.64 bits per heavy atom. The molecule has 1 aromatic rings. The number of ether oxygens (including phenoxy) is 1. The molecule has 4 nitrogen and oxygen atoms in total. The van der Waals surface area contributed by atoms with Crippen LogP contribution >= 0.6 is 0 Å². The molecule has 14 heavy (non-hydrogen) atoms. The van der Waals surface area contributed by atoms with Gasteiger partial charge in [-0.3, -0.25) is 4.79 Å². The van der Waals surface area contributed by atoms with E-state index in [4.69, 9.17) is 15.7 Å². The molecule has 0 aliphatic rings. The van der Waals surface area contributed by atoms with Crippen molar-refractivity contribution in [3.63, 3.8) is 0 Å². The highest BCUT2D eigenvalue weighted by Gasteiger charge is 2.10. The van der Waals surface area contributed by atoms with Crippen LogP contribution in [-0.2, 0) is 0 Å². The first kappa shape index (κ1) is 10.1. The van der Waals surface area contributed by atoms with E-state index in [1.54, 1.807) is 13.0 Å². The average molecular weight is 190 g/mol. The van der Waals surface area contributed by atoms with Crippen molar-refractivity contribution in [1.82, 2.24) is 0 Å². The summed E-state index contributed by atoms with van der Waals surface area (Å²) in [6.07, 6.45) is 0. The Labute approximate surface area is 81.9 Å². The van der Waals surface area contributed by atoms with Crippen LogP contribution in [0.25, 0.3) is 0 Å². The molecule has 0 bridgehead atoms. The zero-order valence-electron chi connectivity index (χ0n) is 8.00. The molecule has 1 aromatic carbocycles. The third-order valence-corrected chi connectivity index (χ3v) is 1.93. The number of hydrogen-bond acceptors (Lipinski definition) is 3. The Bertz CT molecular complexity index is 419. The highest BCUT2D eigenvalue weighted by molar-refractivity contribution is 5.95. The molecule has 72 valence electrons. The van der Waals surface area contributed by atoms with E-state index in [0.717, 1.165) is 0 Å². The minimum absolute atomic E-state index is 0.312. The Morgan fingerprint density at radius 2 is 2.21 bits per heavy atom. The molecule has 0 saturated heterocycles. The number of nitrogens with zero attached hydrogens (tertiary/aromatic N) is 1. The summed E-state index contributed by atoms with van der Waals surface area (Å²) >= 11 is 0. The maximum absolute atomic E-state index is 11.0. The first-order chi connectivity index (χ1) is 6.60. The summed E-state index contributed by atoms with van der Waals surface area (Å²) < 4.78 is 4.98. The summed E-state index contributed by atoms with van der Waals surface area (Å²) in [5.41, 5.74) is 6.50. The standard InChI is InChI=1S/C10H10N2O2/c1-6-3-9(14-2)7(5-11)4-8(6)10(12)13/h3-4H,1-2H3,(H2,12,13). The van der Waals surface area contributed by atoms with Crippen LogP contribution in [0.15, 0.2) is 12.1 Å². The molecule has 2 N–H and O–H groups in total. The molecule has 0 aliphatic carbocycles. The van der Waals surface area contributed by atoms with Gasteiger partial charge in [-0.2, -0.15) is 5.26 Å². The molecule has 0 unspecified atom stereocenters. The quantitative estimate of drug-likeness (QED) is 0.755. The van der Waals surface area contributed by atoms with Gasteiger partial charge in [0.05, 0.1) is 12.7 Å². The van der Waals surface area contributed by atoms with Crippen molar-refractivity contribution in [2.75, 3.05) is 7.11 Å². The number of aryl methyl sites for hydroxylation is 1. The smallest absolute Gasteiger partial charge is 0.249 e. The number of benzene rings is 1. The Balaban J connectivity index is 3.40. The highest BCUT2D eigenvalue weighted by atomic mass is 16.5. The van der Waals surface area contributed by atoms with E-state index in [2.05, 4.69) is 0 Å². The lowest BCUT2D eigenvalue weighted by atomic mass is 10.0. The number of nitrogens with two attached hydrogens (primary N) is 1. The van der Waals surface area contributed by atoms with Crippen molar-refractivity contribution >= 4 is 5.91 Å². The van der Waals surface area contributed by atoms with Crippen LogP contribution in [0.3, 0.4) is 0 Å². The van der Waals surface area contributed by atoms with E-state index in [1.165, 1.54) is 13.2 Å². The molecule has 1 rings (SSSR count). The summed E-state index contributed by atoms with van der Waals surface area (Å²) in [6, 6.07) is 5.00. The van der Waals surface area contributed by atoms with Crippen molar-refractivity contribution in [2.24, 2.45) is 5.73 Å². The number of nitriles is 1. The number of methoxy groups -OCH3 is 1.